The van der Waals surface area contributed by atoms with Crippen LogP contribution in [0.3, 0.4) is 0 Å². The molecule has 1 nitrogen and oxygen atoms in total. The summed E-state index contributed by atoms with van der Waals surface area (Å²) in [6.45, 7) is 4.21. The Hall–Kier alpha value is -1.24. The highest BCUT2D eigenvalue weighted by molar-refractivity contribution is 9.10. The Morgan fingerprint density at radius 2 is 1.89 bits per heavy atom. The minimum absolute atomic E-state index is 0.667. The Morgan fingerprint density at radius 1 is 1.11 bits per heavy atom. The van der Waals surface area contributed by atoms with Crippen LogP contribution in [-0.4, -0.2) is 0 Å². The highest BCUT2D eigenvalue weighted by atomic mass is 79.9. The third-order valence-corrected chi connectivity index (χ3v) is 4.44. The smallest absolute Gasteiger partial charge is 0.100 e. The second-order valence-electron chi connectivity index (χ2n) is 4.12. The van der Waals surface area contributed by atoms with Gasteiger partial charge in [0, 0.05) is 14.3 Å². The lowest BCUT2D eigenvalue weighted by Gasteiger charge is -2.07. The van der Waals surface area contributed by atoms with Gasteiger partial charge in [0.05, 0.1) is 5.56 Å². The summed E-state index contributed by atoms with van der Waals surface area (Å²) in [6.07, 6.45) is 0. The molecular weight excluding hydrogens is 306 g/mol. The molecule has 0 spiro atoms. The van der Waals surface area contributed by atoms with Crippen molar-refractivity contribution in [1.29, 1.82) is 5.26 Å². The van der Waals surface area contributed by atoms with Crippen molar-refractivity contribution >= 4 is 27.7 Å². The highest BCUT2D eigenvalue weighted by Gasteiger charge is 2.04. The summed E-state index contributed by atoms with van der Waals surface area (Å²) in [7, 11) is 0. The molecule has 0 amide bonds. The molecule has 0 aromatic heterocycles. The van der Waals surface area contributed by atoms with Crippen LogP contribution in [0.2, 0.25) is 0 Å². The summed E-state index contributed by atoms with van der Waals surface area (Å²) in [5.41, 5.74) is 3.20. The maximum Gasteiger partial charge on any atom is 0.100 e. The molecule has 0 saturated carbocycles. The van der Waals surface area contributed by atoms with Gasteiger partial charge in [-0.05, 0) is 65.2 Å². The fourth-order valence-electron chi connectivity index (χ4n) is 1.59. The van der Waals surface area contributed by atoms with Gasteiger partial charge in [-0.2, -0.15) is 5.26 Å². The van der Waals surface area contributed by atoms with Crippen LogP contribution < -0.4 is 0 Å². The van der Waals surface area contributed by atoms with Crippen LogP contribution in [0.15, 0.2) is 50.7 Å². The average molecular weight is 318 g/mol. The van der Waals surface area contributed by atoms with Gasteiger partial charge in [-0.1, -0.05) is 23.9 Å². The maximum atomic E-state index is 8.89. The van der Waals surface area contributed by atoms with Crippen molar-refractivity contribution in [2.75, 3.05) is 0 Å². The molecule has 0 unspecified atom stereocenters. The number of nitriles is 1. The van der Waals surface area contributed by atoms with Crippen LogP contribution in [0, 0.1) is 25.2 Å². The predicted octanol–water partition coefficient (Wildman–Crippen LogP) is 5.09. The molecule has 2 aromatic carbocycles. The summed E-state index contributed by atoms with van der Waals surface area (Å²) in [6, 6.07) is 14.4. The molecule has 3 heteroatoms. The lowest BCUT2D eigenvalue weighted by atomic mass is 10.2. The molecule has 18 heavy (non-hydrogen) atoms. The monoisotopic (exact) mass is 317 g/mol. The summed E-state index contributed by atoms with van der Waals surface area (Å²) in [5, 5.41) is 8.89. The second kappa shape index (κ2) is 5.60. The van der Waals surface area contributed by atoms with E-state index in [4.69, 9.17) is 5.26 Å². The number of rotatable bonds is 2. The Bertz CT molecular complexity index is 629. The number of aryl methyl sites for hydroxylation is 2. The van der Waals surface area contributed by atoms with Gasteiger partial charge < -0.3 is 0 Å². The molecule has 2 rings (SSSR count). The molecule has 0 radical (unpaired) electrons. The van der Waals surface area contributed by atoms with Crippen LogP contribution >= 0.6 is 27.7 Å². The lowest BCUT2D eigenvalue weighted by Crippen LogP contribution is -1.83. The summed E-state index contributed by atoms with van der Waals surface area (Å²) in [5.74, 6) is 0. The van der Waals surface area contributed by atoms with Gasteiger partial charge in [-0.15, -0.1) is 0 Å². The molecule has 0 N–H and O–H groups in total. The highest BCUT2D eigenvalue weighted by Crippen LogP contribution is 2.33. The second-order valence-corrected chi connectivity index (χ2v) is 6.09. The van der Waals surface area contributed by atoms with E-state index in [9.17, 15) is 0 Å². The Morgan fingerprint density at radius 3 is 2.56 bits per heavy atom. The van der Waals surface area contributed by atoms with E-state index in [0.717, 1.165) is 9.37 Å². The zero-order valence-electron chi connectivity index (χ0n) is 10.2. The van der Waals surface area contributed by atoms with Crippen LogP contribution in [0.1, 0.15) is 16.7 Å². The molecular formula is C15H12BrNS. The third kappa shape index (κ3) is 2.95. The number of hydrogen-bond donors (Lipinski definition) is 0. The van der Waals surface area contributed by atoms with Crippen molar-refractivity contribution in [3.8, 4) is 6.07 Å². The molecule has 0 fully saturated rings. The summed E-state index contributed by atoms with van der Waals surface area (Å²) in [4.78, 5) is 2.39. The van der Waals surface area contributed by atoms with Crippen molar-refractivity contribution in [3.05, 3.63) is 57.6 Å². The van der Waals surface area contributed by atoms with Crippen LogP contribution in [-0.2, 0) is 0 Å². The topological polar surface area (TPSA) is 23.8 Å². The largest absolute Gasteiger partial charge is 0.192 e. The van der Waals surface area contributed by atoms with Gasteiger partial charge in [-0.3, -0.25) is 0 Å². The predicted molar refractivity (Wildman–Crippen MR) is 78.9 cm³/mol. The van der Waals surface area contributed by atoms with Gasteiger partial charge in [0.1, 0.15) is 6.07 Å². The molecule has 0 aliphatic heterocycles. The van der Waals surface area contributed by atoms with E-state index in [1.807, 2.05) is 18.2 Å². The van der Waals surface area contributed by atoms with E-state index in [1.165, 1.54) is 16.0 Å². The Labute approximate surface area is 120 Å². The van der Waals surface area contributed by atoms with Crippen LogP contribution in [0.5, 0.6) is 0 Å². The fourth-order valence-corrected chi connectivity index (χ4v) is 3.25. The van der Waals surface area contributed by atoms with Gasteiger partial charge in [-0.25, -0.2) is 0 Å². The average Bonchev–Trinajstić information content (AvgIpc) is 2.34. The number of halogens is 1. The summed E-state index contributed by atoms with van der Waals surface area (Å²) >= 11 is 5.14. The molecule has 0 aliphatic rings. The number of hydrogen-bond acceptors (Lipinski definition) is 2. The van der Waals surface area contributed by atoms with Crippen molar-refractivity contribution in [2.45, 2.75) is 23.6 Å². The van der Waals surface area contributed by atoms with Gasteiger partial charge in [0.15, 0.2) is 0 Å². The molecule has 2 aromatic rings. The number of nitrogens with zero attached hydrogens (tertiary/aromatic N) is 1. The normalized spacial score (nSPS) is 10.1. The minimum atomic E-state index is 0.667. The molecule has 0 saturated heterocycles. The maximum absolute atomic E-state index is 8.89. The van der Waals surface area contributed by atoms with E-state index in [2.05, 4.69) is 54.0 Å². The molecule has 0 aliphatic carbocycles. The zero-order chi connectivity index (χ0) is 13.1. The van der Waals surface area contributed by atoms with E-state index >= 15 is 0 Å². The summed E-state index contributed by atoms with van der Waals surface area (Å²) < 4.78 is 0.848. The van der Waals surface area contributed by atoms with E-state index in [1.54, 1.807) is 11.8 Å². The van der Waals surface area contributed by atoms with Crippen molar-refractivity contribution in [3.63, 3.8) is 0 Å². The van der Waals surface area contributed by atoms with Crippen molar-refractivity contribution in [2.24, 2.45) is 0 Å². The van der Waals surface area contributed by atoms with Crippen molar-refractivity contribution in [1.82, 2.24) is 0 Å². The molecule has 90 valence electrons. The first-order chi connectivity index (χ1) is 8.60. The quantitative estimate of drug-likeness (QED) is 0.770. The fraction of sp³-hybridized carbons (Fsp3) is 0.133. The molecule has 0 heterocycles. The van der Waals surface area contributed by atoms with Crippen LogP contribution in [0.25, 0.3) is 0 Å². The van der Waals surface area contributed by atoms with E-state index in [0.29, 0.717) is 5.56 Å². The molecule has 0 bridgehead atoms. The van der Waals surface area contributed by atoms with Gasteiger partial charge in [0.2, 0.25) is 0 Å². The standard InChI is InChI=1S/C15H12BrNS/c1-10-3-4-11(2)15(7-10)18-13-6-5-12(9-17)14(16)8-13/h3-8H,1-2H3. The Balaban J connectivity index is 2.32. The van der Waals surface area contributed by atoms with E-state index in [-0.39, 0.29) is 0 Å². The first-order valence-electron chi connectivity index (χ1n) is 5.55. The molecule has 0 atom stereocenters. The first-order valence-corrected chi connectivity index (χ1v) is 7.16. The SMILES string of the molecule is Cc1ccc(C)c(Sc2ccc(C#N)c(Br)c2)c1. The van der Waals surface area contributed by atoms with E-state index < -0.39 is 0 Å². The van der Waals surface area contributed by atoms with Crippen molar-refractivity contribution < 1.29 is 0 Å². The number of benzene rings is 2. The first kappa shape index (κ1) is 13.2. The van der Waals surface area contributed by atoms with Crippen LogP contribution in [0.4, 0.5) is 0 Å². The van der Waals surface area contributed by atoms with Gasteiger partial charge >= 0.3 is 0 Å². The third-order valence-electron chi connectivity index (χ3n) is 2.63. The zero-order valence-corrected chi connectivity index (χ0v) is 12.6. The van der Waals surface area contributed by atoms with Gasteiger partial charge in [0.25, 0.3) is 0 Å². The lowest BCUT2D eigenvalue weighted by molar-refractivity contribution is 1.25. The Kier molecular flexibility index (Phi) is 4.11. The minimum Gasteiger partial charge on any atom is -0.192 e.